The van der Waals surface area contributed by atoms with Crippen LogP contribution < -0.4 is 0 Å². The summed E-state index contributed by atoms with van der Waals surface area (Å²) in [7, 11) is 0. The molecule has 0 aliphatic carbocycles. The average molecular weight is 218 g/mol. The summed E-state index contributed by atoms with van der Waals surface area (Å²) in [4.78, 5) is 9.80. The maximum absolute atomic E-state index is 5.91. The Bertz CT molecular complexity index is 201. The zero-order valence-electron chi connectivity index (χ0n) is 10.3. The van der Waals surface area contributed by atoms with Crippen molar-refractivity contribution in [1.29, 1.82) is 0 Å². The minimum Gasteiger partial charge on any atom is -0.370 e. The van der Waals surface area contributed by atoms with Gasteiger partial charge >= 0.3 is 0 Å². The van der Waals surface area contributed by atoms with Crippen LogP contribution in [0.1, 0.15) is 34.6 Å². The maximum Gasteiger partial charge on any atom is 0.111 e. The largest absolute Gasteiger partial charge is 0.370 e. The minimum atomic E-state index is -0.314. The van der Waals surface area contributed by atoms with Gasteiger partial charge in [0.15, 0.2) is 0 Å². The van der Waals surface area contributed by atoms with E-state index in [2.05, 4.69) is 0 Å². The molecule has 4 heteroatoms. The van der Waals surface area contributed by atoms with Gasteiger partial charge in [0.1, 0.15) is 12.7 Å². The Morgan fingerprint density at radius 3 is 2.33 bits per heavy atom. The number of rotatable bonds is 4. The summed E-state index contributed by atoms with van der Waals surface area (Å²) in [5.41, 5.74) is -0.583. The first kappa shape index (κ1) is 12.9. The fourth-order valence-corrected chi connectivity index (χ4v) is 1.36. The highest BCUT2D eigenvalue weighted by Gasteiger charge is 2.45. The van der Waals surface area contributed by atoms with Crippen LogP contribution in [0.25, 0.3) is 0 Å². The van der Waals surface area contributed by atoms with E-state index < -0.39 is 0 Å². The third-order valence-electron chi connectivity index (χ3n) is 3.00. The second-order valence-corrected chi connectivity index (χ2v) is 4.76. The van der Waals surface area contributed by atoms with Crippen molar-refractivity contribution in [3.8, 4) is 0 Å². The summed E-state index contributed by atoms with van der Waals surface area (Å²) >= 11 is 0. The van der Waals surface area contributed by atoms with Gasteiger partial charge in [-0.2, -0.15) is 0 Å². The first-order valence-electron chi connectivity index (χ1n) is 5.45. The first-order valence-corrected chi connectivity index (χ1v) is 5.45. The van der Waals surface area contributed by atoms with Crippen molar-refractivity contribution in [3.63, 3.8) is 0 Å². The van der Waals surface area contributed by atoms with Crippen molar-refractivity contribution < 1.29 is 19.2 Å². The number of hydrogen-bond donors (Lipinski definition) is 0. The van der Waals surface area contributed by atoms with Crippen LogP contribution >= 0.6 is 0 Å². The van der Waals surface area contributed by atoms with Crippen LogP contribution in [0.2, 0.25) is 0 Å². The third kappa shape index (κ3) is 3.14. The van der Waals surface area contributed by atoms with Gasteiger partial charge in [0.25, 0.3) is 0 Å². The molecule has 0 aromatic rings. The average Bonchev–Trinajstić information content (AvgIpc) is 2.12. The van der Waals surface area contributed by atoms with Crippen molar-refractivity contribution in [1.82, 2.24) is 0 Å². The van der Waals surface area contributed by atoms with E-state index in [0.717, 1.165) is 0 Å². The molecule has 0 radical (unpaired) electrons. The Kier molecular flexibility index (Phi) is 4.12. The lowest BCUT2D eigenvalue weighted by Gasteiger charge is -2.47. The van der Waals surface area contributed by atoms with Gasteiger partial charge in [0, 0.05) is 0 Å². The van der Waals surface area contributed by atoms with Gasteiger partial charge in [-0.15, -0.1) is 0 Å². The molecule has 1 aliphatic rings. The van der Waals surface area contributed by atoms with Gasteiger partial charge in [0.2, 0.25) is 0 Å². The lowest BCUT2D eigenvalue weighted by Crippen LogP contribution is -2.57. The van der Waals surface area contributed by atoms with Crippen molar-refractivity contribution in [2.45, 2.75) is 51.9 Å². The Hall–Kier alpha value is -0.160. The number of ether oxygens (including phenoxy) is 2. The topological polar surface area (TPSA) is 36.9 Å². The van der Waals surface area contributed by atoms with E-state index in [4.69, 9.17) is 19.2 Å². The molecule has 1 heterocycles. The van der Waals surface area contributed by atoms with Gasteiger partial charge in [-0.05, 0) is 34.6 Å². The monoisotopic (exact) mass is 218 g/mol. The summed E-state index contributed by atoms with van der Waals surface area (Å²) in [6.07, 6.45) is -0.0559. The summed E-state index contributed by atoms with van der Waals surface area (Å²) in [6.45, 7) is 11.5. The third-order valence-corrected chi connectivity index (χ3v) is 3.00. The molecule has 1 saturated heterocycles. The Morgan fingerprint density at radius 1 is 1.13 bits per heavy atom. The predicted molar refractivity (Wildman–Crippen MR) is 56.6 cm³/mol. The zero-order valence-corrected chi connectivity index (χ0v) is 10.3. The molecule has 0 aromatic heterocycles. The van der Waals surface area contributed by atoms with Crippen molar-refractivity contribution in [2.75, 3.05) is 19.8 Å². The Labute approximate surface area is 91.8 Å². The van der Waals surface area contributed by atoms with Crippen LogP contribution in [0.15, 0.2) is 0 Å². The molecular weight excluding hydrogens is 196 g/mol. The van der Waals surface area contributed by atoms with E-state index in [1.807, 2.05) is 34.6 Å². The van der Waals surface area contributed by atoms with Gasteiger partial charge < -0.3 is 9.47 Å². The molecule has 0 amide bonds. The summed E-state index contributed by atoms with van der Waals surface area (Å²) < 4.78 is 11.7. The van der Waals surface area contributed by atoms with Crippen molar-refractivity contribution >= 4 is 0 Å². The highest BCUT2D eigenvalue weighted by atomic mass is 17.2. The van der Waals surface area contributed by atoms with Crippen LogP contribution in [0.5, 0.6) is 0 Å². The predicted octanol–water partition coefficient (Wildman–Crippen LogP) is 1.93. The van der Waals surface area contributed by atoms with Gasteiger partial charge in [0.05, 0.1) is 24.4 Å². The first-order chi connectivity index (χ1) is 6.89. The molecular formula is C11H22O4. The fraction of sp³-hybridized carbons (Fsp3) is 1.00. The minimum absolute atomic E-state index is 0.0559. The Balaban J connectivity index is 2.41. The second kappa shape index (κ2) is 4.78. The summed E-state index contributed by atoms with van der Waals surface area (Å²) in [5, 5.41) is 0. The SMILES string of the molecule is CCOOCC1COC(C)(C)C(C)(C)O1. The smallest absolute Gasteiger partial charge is 0.111 e. The molecule has 0 N–H and O–H groups in total. The number of hydrogen-bond acceptors (Lipinski definition) is 4. The molecule has 90 valence electrons. The standard InChI is InChI=1S/C11H22O4/c1-6-13-14-8-9-7-12-10(2,3)11(4,5)15-9/h9H,6-8H2,1-5H3. The summed E-state index contributed by atoms with van der Waals surface area (Å²) in [5.74, 6) is 0. The quantitative estimate of drug-likeness (QED) is 0.410. The molecule has 1 atom stereocenters. The van der Waals surface area contributed by atoms with Gasteiger partial charge in [-0.25, -0.2) is 9.78 Å². The molecule has 1 fully saturated rings. The van der Waals surface area contributed by atoms with E-state index in [9.17, 15) is 0 Å². The second-order valence-electron chi connectivity index (χ2n) is 4.76. The molecule has 0 aromatic carbocycles. The molecule has 4 nitrogen and oxygen atoms in total. The fourth-order valence-electron chi connectivity index (χ4n) is 1.36. The van der Waals surface area contributed by atoms with Gasteiger partial charge in [-0.1, -0.05) is 0 Å². The van der Waals surface area contributed by atoms with Gasteiger partial charge in [-0.3, -0.25) is 0 Å². The molecule has 15 heavy (non-hydrogen) atoms. The van der Waals surface area contributed by atoms with Crippen molar-refractivity contribution in [3.05, 3.63) is 0 Å². The summed E-state index contributed by atoms with van der Waals surface area (Å²) in [6, 6.07) is 0. The molecule has 1 rings (SSSR count). The molecule has 0 bridgehead atoms. The van der Waals surface area contributed by atoms with E-state index >= 15 is 0 Å². The molecule has 0 saturated carbocycles. The molecule has 1 aliphatic heterocycles. The van der Waals surface area contributed by atoms with E-state index in [-0.39, 0.29) is 17.3 Å². The van der Waals surface area contributed by atoms with Crippen LogP contribution in [-0.4, -0.2) is 37.1 Å². The normalized spacial score (nSPS) is 29.0. The van der Waals surface area contributed by atoms with Crippen LogP contribution in [0.3, 0.4) is 0 Å². The van der Waals surface area contributed by atoms with E-state index in [1.165, 1.54) is 0 Å². The molecule has 1 unspecified atom stereocenters. The Morgan fingerprint density at radius 2 is 1.80 bits per heavy atom. The maximum atomic E-state index is 5.91. The molecule has 0 spiro atoms. The lowest BCUT2D eigenvalue weighted by atomic mass is 9.87. The van der Waals surface area contributed by atoms with E-state index in [1.54, 1.807) is 0 Å². The van der Waals surface area contributed by atoms with Crippen LogP contribution in [-0.2, 0) is 19.2 Å². The van der Waals surface area contributed by atoms with Crippen LogP contribution in [0.4, 0.5) is 0 Å². The van der Waals surface area contributed by atoms with E-state index in [0.29, 0.717) is 19.8 Å². The highest BCUT2D eigenvalue weighted by molar-refractivity contribution is 4.93. The zero-order chi connectivity index (χ0) is 11.5. The van der Waals surface area contributed by atoms with Crippen LogP contribution in [0, 0.1) is 0 Å². The van der Waals surface area contributed by atoms with Crippen molar-refractivity contribution in [2.24, 2.45) is 0 Å². The highest BCUT2D eigenvalue weighted by Crippen LogP contribution is 2.34. The lowest BCUT2D eigenvalue weighted by molar-refractivity contribution is -0.334.